The second kappa shape index (κ2) is 8.32. The number of rotatable bonds is 8. The van der Waals surface area contributed by atoms with E-state index < -0.39 is 24.0 Å². The van der Waals surface area contributed by atoms with E-state index >= 15 is 0 Å². The summed E-state index contributed by atoms with van der Waals surface area (Å²) in [4.78, 5) is 23.3. The van der Waals surface area contributed by atoms with Gasteiger partial charge in [0.05, 0.1) is 0 Å². The predicted molar refractivity (Wildman–Crippen MR) is 75.3 cm³/mol. The SMILES string of the molecule is CCCC[C@@H](NC(=O)[C@@H](OC)c1ccccc1)C(=O)O. The van der Waals surface area contributed by atoms with E-state index in [4.69, 9.17) is 9.84 Å². The molecular formula is C15H21NO4. The fourth-order valence-electron chi connectivity index (χ4n) is 1.94. The zero-order valence-electron chi connectivity index (χ0n) is 11.8. The zero-order chi connectivity index (χ0) is 15.0. The molecule has 1 amide bonds. The van der Waals surface area contributed by atoms with Crippen LogP contribution < -0.4 is 5.32 Å². The maximum absolute atomic E-state index is 12.2. The second-order valence-corrected chi connectivity index (χ2v) is 4.57. The highest BCUT2D eigenvalue weighted by Crippen LogP contribution is 2.16. The van der Waals surface area contributed by atoms with Gasteiger partial charge in [-0.25, -0.2) is 4.79 Å². The molecule has 0 aliphatic carbocycles. The minimum atomic E-state index is -1.02. The van der Waals surface area contributed by atoms with Crippen molar-refractivity contribution < 1.29 is 19.4 Å². The van der Waals surface area contributed by atoms with Crippen LogP contribution in [0.5, 0.6) is 0 Å². The van der Waals surface area contributed by atoms with Gasteiger partial charge in [-0.05, 0) is 12.0 Å². The average molecular weight is 279 g/mol. The van der Waals surface area contributed by atoms with Gasteiger partial charge in [0, 0.05) is 7.11 Å². The first-order chi connectivity index (χ1) is 9.60. The molecule has 0 heterocycles. The number of carbonyl (C=O) groups excluding carboxylic acids is 1. The van der Waals surface area contributed by atoms with E-state index in [0.717, 1.165) is 12.8 Å². The number of hydrogen-bond acceptors (Lipinski definition) is 3. The van der Waals surface area contributed by atoms with Crippen LogP contribution in [0.3, 0.4) is 0 Å². The van der Waals surface area contributed by atoms with E-state index in [0.29, 0.717) is 12.0 Å². The Kier molecular flexibility index (Phi) is 6.73. The van der Waals surface area contributed by atoms with Crippen LogP contribution in [0.4, 0.5) is 0 Å². The lowest BCUT2D eigenvalue weighted by molar-refractivity contribution is -0.144. The molecule has 1 aromatic rings. The molecule has 1 rings (SSSR count). The summed E-state index contributed by atoms with van der Waals surface area (Å²) in [5.74, 6) is -1.45. The Bertz CT molecular complexity index is 433. The first-order valence-electron chi connectivity index (χ1n) is 6.71. The Balaban J connectivity index is 2.73. The molecule has 0 aliphatic heterocycles. The van der Waals surface area contributed by atoms with Crippen molar-refractivity contribution in [3.8, 4) is 0 Å². The van der Waals surface area contributed by atoms with Crippen LogP contribution in [0.25, 0.3) is 0 Å². The molecule has 20 heavy (non-hydrogen) atoms. The number of benzene rings is 1. The van der Waals surface area contributed by atoms with Crippen molar-refractivity contribution >= 4 is 11.9 Å². The van der Waals surface area contributed by atoms with E-state index in [2.05, 4.69) is 5.32 Å². The van der Waals surface area contributed by atoms with Crippen molar-refractivity contribution in [1.82, 2.24) is 5.32 Å². The van der Waals surface area contributed by atoms with E-state index in [-0.39, 0.29) is 0 Å². The molecule has 0 aromatic heterocycles. The van der Waals surface area contributed by atoms with Crippen molar-refractivity contribution in [3.05, 3.63) is 35.9 Å². The molecule has 0 saturated carbocycles. The Labute approximate surface area is 118 Å². The summed E-state index contributed by atoms with van der Waals surface area (Å²) in [5, 5.41) is 11.7. The maximum atomic E-state index is 12.2. The first kappa shape index (κ1) is 16.2. The van der Waals surface area contributed by atoms with E-state index in [1.165, 1.54) is 7.11 Å². The third kappa shape index (κ3) is 4.66. The van der Waals surface area contributed by atoms with Gasteiger partial charge in [-0.1, -0.05) is 50.1 Å². The van der Waals surface area contributed by atoms with Crippen molar-refractivity contribution in [2.45, 2.75) is 38.3 Å². The lowest BCUT2D eigenvalue weighted by atomic mass is 10.1. The largest absolute Gasteiger partial charge is 0.480 e. The van der Waals surface area contributed by atoms with Gasteiger partial charge in [0.1, 0.15) is 6.04 Å². The smallest absolute Gasteiger partial charge is 0.326 e. The first-order valence-corrected chi connectivity index (χ1v) is 6.71. The number of carbonyl (C=O) groups is 2. The van der Waals surface area contributed by atoms with Gasteiger partial charge in [-0.15, -0.1) is 0 Å². The van der Waals surface area contributed by atoms with Crippen LogP contribution in [0.1, 0.15) is 37.9 Å². The normalized spacial score (nSPS) is 13.5. The molecular weight excluding hydrogens is 258 g/mol. The number of carboxylic acids is 1. The summed E-state index contributed by atoms with van der Waals surface area (Å²) in [6.07, 6.45) is 1.26. The summed E-state index contributed by atoms with van der Waals surface area (Å²) >= 11 is 0. The van der Waals surface area contributed by atoms with Crippen LogP contribution in [0, 0.1) is 0 Å². The number of methoxy groups -OCH3 is 1. The van der Waals surface area contributed by atoms with E-state index in [9.17, 15) is 9.59 Å². The Morgan fingerprint density at radius 3 is 2.45 bits per heavy atom. The fourth-order valence-corrected chi connectivity index (χ4v) is 1.94. The molecule has 2 N–H and O–H groups in total. The summed E-state index contributed by atoms with van der Waals surface area (Å²) < 4.78 is 5.18. The standard InChI is InChI=1S/C15H21NO4/c1-3-4-10-12(15(18)19)16-14(17)13(20-2)11-8-6-5-7-9-11/h5-9,12-13H,3-4,10H2,1-2H3,(H,16,17)(H,18,19)/t12-,13+/m1/s1. The molecule has 110 valence electrons. The Morgan fingerprint density at radius 1 is 1.30 bits per heavy atom. The predicted octanol–water partition coefficient (Wildman–Crippen LogP) is 2.13. The van der Waals surface area contributed by atoms with E-state index in [1.54, 1.807) is 24.3 Å². The van der Waals surface area contributed by atoms with Gasteiger partial charge in [-0.3, -0.25) is 4.79 Å². The summed E-state index contributed by atoms with van der Waals surface area (Å²) in [6.45, 7) is 1.97. The number of amides is 1. The highest BCUT2D eigenvalue weighted by atomic mass is 16.5. The zero-order valence-corrected chi connectivity index (χ0v) is 11.8. The van der Waals surface area contributed by atoms with Crippen molar-refractivity contribution in [1.29, 1.82) is 0 Å². The van der Waals surface area contributed by atoms with E-state index in [1.807, 2.05) is 13.0 Å². The molecule has 2 atom stereocenters. The minimum absolute atomic E-state index is 0.419. The number of ether oxygens (including phenoxy) is 1. The van der Waals surface area contributed by atoms with Crippen molar-refractivity contribution in [3.63, 3.8) is 0 Å². The lowest BCUT2D eigenvalue weighted by Crippen LogP contribution is -2.43. The molecule has 1 aromatic carbocycles. The lowest BCUT2D eigenvalue weighted by Gasteiger charge is -2.19. The Hall–Kier alpha value is -1.88. The summed E-state index contributed by atoms with van der Waals surface area (Å²) in [5.41, 5.74) is 0.701. The van der Waals surface area contributed by atoms with Crippen LogP contribution in [0.15, 0.2) is 30.3 Å². The molecule has 5 heteroatoms. The van der Waals surface area contributed by atoms with Gasteiger partial charge in [0.15, 0.2) is 6.10 Å². The minimum Gasteiger partial charge on any atom is -0.480 e. The Morgan fingerprint density at radius 2 is 1.95 bits per heavy atom. The molecule has 0 radical (unpaired) electrons. The quantitative estimate of drug-likeness (QED) is 0.764. The van der Waals surface area contributed by atoms with Gasteiger partial charge in [0.25, 0.3) is 5.91 Å². The number of nitrogens with one attached hydrogen (secondary N) is 1. The second-order valence-electron chi connectivity index (χ2n) is 4.57. The van der Waals surface area contributed by atoms with Gasteiger partial charge < -0.3 is 15.2 Å². The molecule has 0 bridgehead atoms. The van der Waals surface area contributed by atoms with Crippen LogP contribution in [-0.4, -0.2) is 30.1 Å². The number of aliphatic carboxylic acids is 1. The molecule has 5 nitrogen and oxygen atoms in total. The molecule has 0 unspecified atom stereocenters. The molecule has 0 spiro atoms. The monoisotopic (exact) mass is 279 g/mol. The molecule has 0 saturated heterocycles. The summed E-state index contributed by atoms with van der Waals surface area (Å²) in [6, 6.07) is 8.13. The van der Waals surface area contributed by atoms with Gasteiger partial charge in [0.2, 0.25) is 0 Å². The topological polar surface area (TPSA) is 75.6 Å². The highest BCUT2D eigenvalue weighted by molar-refractivity contribution is 5.87. The summed E-state index contributed by atoms with van der Waals surface area (Å²) in [7, 11) is 1.43. The molecule has 0 aliphatic rings. The van der Waals surface area contributed by atoms with Crippen molar-refractivity contribution in [2.75, 3.05) is 7.11 Å². The van der Waals surface area contributed by atoms with Crippen molar-refractivity contribution in [2.24, 2.45) is 0 Å². The number of hydrogen-bond donors (Lipinski definition) is 2. The van der Waals surface area contributed by atoms with Gasteiger partial charge in [-0.2, -0.15) is 0 Å². The fraction of sp³-hybridized carbons (Fsp3) is 0.467. The maximum Gasteiger partial charge on any atom is 0.326 e. The molecule has 0 fully saturated rings. The van der Waals surface area contributed by atoms with Crippen LogP contribution >= 0.6 is 0 Å². The highest BCUT2D eigenvalue weighted by Gasteiger charge is 2.25. The third-order valence-electron chi connectivity index (χ3n) is 3.04. The van der Waals surface area contributed by atoms with Crippen LogP contribution in [0.2, 0.25) is 0 Å². The number of unbranched alkanes of at least 4 members (excludes halogenated alkanes) is 1. The van der Waals surface area contributed by atoms with Crippen LogP contribution in [-0.2, 0) is 14.3 Å². The van der Waals surface area contributed by atoms with Gasteiger partial charge >= 0.3 is 5.97 Å². The average Bonchev–Trinajstić information content (AvgIpc) is 2.45. The number of carboxylic acid groups (broad SMARTS) is 1. The third-order valence-corrected chi connectivity index (χ3v) is 3.04.